The fourth-order valence-electron chi connectivity index (χ4n) is 1.55. The highest BCUT2D eigenvalue weighted by Crippen LogP contribution is 2.16. The number of amides is 1. The van der Waals surface area contributed by atoms with Gasteiger partial charge in [0, 0.05) is 18.8 Å². The summed E-state index contributed by atoms with van der Waals surface area (Å²) in [6, 6.07) is 1.93. The molecule has 3 N–H and O–H groups in total. The molecule has 4 heteroatoms. The Hall–Kier alpha value is -1.71. The zero-order chi connectivity index (χ0) is 13.0. The standard InChI is InChI=1S/C13H21N3O/c1-9(2)5-6-15-13(17)12-7-11(14)8-16(12)10(3)4/h5,7-8,10H,6,14H2,1-4H3,(H,15,17). The Labute approximate surface area is 102 Å². The Morgan fingerprint density at radius 2 is 2.18 bits per heavy atom. The molecule has 0 aromatic carbocycles. The Bertz CT molecular complexity index is 426. The van der Waals surface area contributed by atoms with Gasteiger partial charge in [-0.1, -0.05) is 11.6 Å². The number of nitrogens with one attached hydrogen (secondary N) is 1. The van der Waals surface area contributed by atoms with Crippen LogP contribution in [0.3, 0.4) is 0 Å². The van der Waals surface area contributed by atoms with Crippen molar-refractivity contribution in [3.05, 3.63) is 29.6 Å². The average Bonchev–Trinajstić information content (AvgIpc) is 2.59. The number of nitrogen functional groups attached to an aromatic ring is 1. The fourth-order valence-corrected chi connectivity index (χ4v) is 1.55. The number of aromatic nitrogens is 1. The molecule has 0 aliphatic heterocycles. The van der Waals surface area contributed by atoms with E-state index in [1.54, 1.807) is 12.3 Å². The van der Waals surface area contributed by atoms with E-state index in [0.717, 1.165) is 0 Å². The number of anilines is 1. The van der Waals surface area contributed by atoms with Crippen molar-refractivity contribution in [3.63, 3.8) is 0 Å². The van der Waals surface area contributed by atoms with Gasteiger partial charge >= 0.3 is 0 Å². The van der Waals surface area contributed by atoms with E-state index in [9.17, 15) is 4.79 Å². The van der Waals surface area contributed by atoms with Gasteiger partial charge in [-0.3, -0.25) is 4.79 Å². The van der Waals surface area contributed by atoms with Crippen molar-refractivity contribution < 1.29 is 4.79 Å². The first-order valence-electron chi connectivity index (χ1n) is 5.80. The van der Waals surface area contributed by atoms with Crippen LogP contribution in [0.2, 0.25) is 0 Å². The monoisotopic (exact) mass is 235 g/mol. The highest BCUT2D eigenvalue weighted by molar-refractivity contribution is 5.93. The highest BCUT2D eigenvalue weighted by Gasteiger charge is 2.13. The van der Waals surface area contributed by atoms with Gasteiger partial charge in [0.1, 0.15) is 5.69 Å². The summed E-state index contributed by atoms with van der Waals surface area (Å²) in [5, 5.41) is 2.85. The first-order chi connectivity index (χ1) is 7.91. The number of hydrogen-bond acceptors (Lipinski definition) is 2. The molecule has 1 heterocycles. The quantitative estimate of drug-likeness (QED) is 0.787. The summed E-state index contributed by atoms with van der Waals surface area (Å²) >= 11 is 0. The predicted octanol–water partition coefficient (Wildman–Crippen LogP) is 2.35. The van der Waals surface area contributed by atoms with E-state index < -0.39 is 0 Å². The van der Waals surface area contributed by atoms with Crippen LogP contribution in [0.1, 0.15) is 44.2 Å². The van der Waals surface area contributed by atoms with E-state index >= 15 is 0 Å². The van der Waals surface area contributed by atoms with Crippen LogP contribution in [0.5, 0.6) is 0 Å². The molecule has 0 atom stereocenters. The molecule has 0 aliphatic carbocycles. The molecule has 0 saturated heterocycles. The first kappa shape index (κ1) is 13.4. The number of carbonyl (C=O) groups excluding carboxylic acids is 1. The minimum Gasteiger partial charge on any atom is -0.397 e. The van der Waals surface area contributed by atoms with Crippen LogP contribution in [-0.4, -0.2) is 17.0 Å². The zero-order valence-electron chi connectivity index (χ0n) is 10.9. The fraction of sp³-hybridized carbons (Fsp3) is 0.462. The zero-order valence-corrected chi connectivity index (χ0v) is 10.9. The molecule has 0 unspecified atom stereocenters. The summed E-state index contributed by atoms with van der Waals surface area (Å²) in [5.74, 6) is -0.0899. The summed E-state index contributed by atoms with van der Waals surface area (Å²) in [5.41, 5.74) is 8.13. The Balaban J connectivity index is 2.78. The third kappa shape index (κ3) is 3.66. The molecule has 0 bridgehead atoms. The van der Waals surface area contributed by atoms with Crippen molar-refractivity contribution in [3.8, 4) is 0 Å². The van der Waals surface area contributed by atoms with Gasteiger partial charge < -0.3 is 15.6 Å². The molecule has 4 nitrogen and oxygen atoms in total. The van der Waals surface area contributed by atoms with Gasteiger partial charge in [-0.2, -0.15) is 0 Å². The smallest absolute Gasteiger partial charge is 0.268 e. The lowest BCUT2D eigenvalue weighted by Crippen LogP contribution is -2.26. The maximum atomic E-state index is 11.9. The molecule has 1 aromatic rings. The number of allylic oxidation sites excluding steroid dienone is 1. The summed E-state index contributed by atoms with van der Waals surface area (Å²) < 4.78 is 1.88. The first-order valence-corrected chi connectivity index (χ1v) is 5.80. The van der Waals surface area contributed by atoms with Crippen LogP contribution in [0.25, 0.3) is 0 Å². The molecule has 0 radical (unpaired) electrons. The predicted molar refractivity (Wildman–Crippen MR) is 71.0 cm³/mol. The summed E-state index contributed by atoms with van der Waals surface area (Å²) in [6.45, 7) is 8.59. The summed E-state index contributed by atoms with van der Waals surface area (Å²) in [4.78, 5) is 11.9. The van der Waals surface area contributed by atoms with E-state index in [1.165, 1.54) is 5.57 Å². The maximum absolute atomic E-state index is 11.9. The lowest BCUT2D eigenvalue weighted by Gasteiger charge is -2.12. The second-order valence-electron chi connectivity index (χ2n) is 4.65. The van der Waals surface area contributed by atoms with Crippen molar-refractivity contribution in [2.75, 3.05) is 12.3 Å². The van der Waals surface area contributed by atoms with Crippen molar-refractivity contribution in [1.82, 2.24) is 9.88 Å². The SMILES string of the molecule is CC(C)=CCNC(=O)c1cc(N)cn1C(C)C. The lowest BCUT2D eigenvalue weighted by molar-refractivity contribution is 0.0947. The highest BCUT2D eigenvalue weighted by atomic mass is 16.1. The normalized spacial score (nSPS) is 10.4. The van der Waals surface area contributed by atoms with Crippen molar-refractivity contribution in [1.29, 1.82) is 0 Å². The minimum absolute atomic E-state index is 0.0899. The maximum Gasteiger partial charge on any atom is 0.268 e. The number of rotatable bonds is 4. The molecule has 1 aromatic heterocycles. The Morgan fingerprint density at radius 3 is 2.71 bits per heavy atom. The number of nitrogens with zero attached hydrogens (tertiary/aromatic N) is 1. The topological polar surface area (TPSA) is 60.1 Å². The second-order valence-corrected chi connectivity index (χ2v) is 4.65. The molecular weight excluding hydrogens is 214 g/mol. The molecule has 94 valence electrons. The third-order valence-electron chi connectivity index (χ3n) is 2.43. The van der Waals surface area contributed by atoms with Crippen molar-refractivity contribution in [2.45, 2.75) is 33.7 Å². The van der Waals surface area contributed by atoms with Crippen molar-refractivity contribution >= 4 is 11.6 Å². The third-order valence-corrected chi connectivity index (χ3v) is 2.43. The van der Waals surface area contributed by atoms with Gasteiger partial charge in [-0.15, -0.1) is 0 Å². The van der Waals surface area contributed by atoms with Gasteiger partial charge in [0.2, 0.25) is 0 Å². The van der Waals surface area contributed by atoms with E-state index in [4.69, 9.17) is 5.73 Å². The van der Waals surface area contributed by atoms with Crippen LogP contribution in [0, 0.1) is 0 Å². The van der Waals surface area contributed by atoms with Crippen LogP contribution in [0.15, 0.2) is 23.9 Å². The second kappa shape index (κ2) is 5.57. The Kier molecular flexibility index (Phi) is 4.37. The summed E-state index contributed by atoms with van der Waals surface area (Å²) in [6.07, 6.45) is 3.77. The van der Waals surface area contributed by atoms with Gasteiger partial charge in [-0.05, 0) is 33.8 Å². The number of hydrogen-bond donors (Lipinski definition) is 2. The average molecular weight is 235 g/mol. The van der Waals surface area contributed by atoms with Crippen LogP contribution < -0.4 is 11.1 Å². The number of nitrogens with two attached hydrogens (primary N) is 1. The lowest BCUT2D eigenvalue weighted by atomic mass is 10.3. The Morgan fingerprint density at radius 1 is 1.53 bits per heavy atom. The molecule has 0 saturated carbocycles. The van der Waals surface area contributed by atoms with Gasteiger partial charge in [0.15, 0.2) is 0 Å². The minimum atomic E-state index is -0.0899. The van der Waals surface area contributed by atoms with Crippen molar-refractivity contribution in [2.24, 2.45) is 0 Å². The van der Waals surface area contributed by atoms with Gasteiger partial charge in [0.05, 0.1) is 5.69 Å². The molecule has 1 amide bonds. The molecule has 0 spiro atoms. The number of carbonyl (C=O) groups is 1. The molecule has 0 aliphatic rings. The summed E-state index contributed by atoms with van der Waals surface area (Å²) in [7, 11) is 0. The van der Waals surface area contributed by atoms with Gasteiger partial charge in [0.25, 0.3) is 5.91 Å². The molecule has 17 heavy (non-hydrogen) atoms. The molecular formula is C13H21N3O. The van der Waals surface area contributed by atoms with E-state index in [1.807, 2.05) is 38.3 Å². The van der Waals surface area contributed by atoms with E-state index in [-0.39, 0.29) is 11.9 Å². The molecule has 1 rings (SSSR count). The van der Waals surface area contributed by atoms with Crippen LogP contribution in [-0.2, 0) is 0 Å². The van der Waals surface area contributed by atoms with Crippen LogP contribution in [0.4, 0.5) is 5.69 Å². The molecule has 0 fully saturated rings. The van der Waals surface area contributed by atoms with Crippen LogP contribution >= 0.6 is 0 Å². The van der Waals surface area contributed by atoms with E-state index in [2.05, 4.69) is 5.32 Å². The van der Waals surface area contributed by atoms with Gasteiger partial charge in [-0.25, -0.2) is 0 Å². The van der Waals surface area contributed by atoms with E-state index in [0.29, 0.717) is 17.9 Å². The largest absolute Gasteiger partial charge is 0.397 e.